The van der Waals surface area contributed by atoms with Crippen molar-refractivity contribution in [2.24, 2.45) is 5.92 Å². The van der Waals surface area contributed by atoms with Crippen LogP contribution in [-0.2, 0) is 33.5 Å². The molecule has 0 aromatic rings. The third-order valence-electron chi connectivity index (χ3n) is 7.03. The van der Waals surface area contributed by atoms with Crippen molar-refractivity contribution in [1.29, 1.82) is 0 Å². The first-order valence-corrected chi connectivity index (χ1v) is 13.1. The van der Waals surface area contributed by atoms with Gasteiger partial charge >= 0.3 is 11.9 Å². The summed E-state index contributed by atoms with van der Waals surface area (Å²) < 4.78 is 5.01. The van der Waals surface area contributed by atoms with Crippen LogP contribution < -0.4 is 0 Å². The average Bonchev–Trinajstić information content (AvgIpc) is 3.14. The van der Waals surface area contributed by atoms with Crippen molar-refractivity contribution in [3.63, 3.8) is 0 Å². The Balaban J connectivity index is 1.68. The molecule has 3 fully saturated rings. The summed E-state index contributed by atoms with van der Waals surface area (Å²) in [5, 5.41) is 9.92. The number of carboxylic acids is 1. The van der Waals surface area contributed by atoms with Crippen molar-refractivity contribution < 1.29 is 38.7 Å². The van der Waals surface area contributed by atoms with E-state index in [2.05, 4.69) is 14.7 Å². The Morgan fingerprint density at radius 3 is 2.05 bits per heavy atom. The Morgan fingerprint density at radius 1 is 0.865 bits per heavy atom. The summed E-state index contributed by atoms with van der Waals surface area (Å²) in [6.45, 7) is 8.02. The molecule has 0 radical (unpaired) electrons. The molecule has 2 amide bonds. The Labute approximate surface area is 217 Å². The van der Waals surface area contributed by atoms with E-state index in [0.717, 1.165) is 58.7 Å². The highest BCUT2D eigenvalue weighted by molar-refractivity contribution is 6.01. The molecule has 1 N–H and O–H groups in total. The summed E-state index contributed by atoms with van der Waals surface area (Å²) in [7, 11) is 0. The highest BCUT2D eigenvalue weighted by Crippen LogP contribution is 2.18. The van der Waals surface area contributed by atoms with Crippen molar-refractivity contribution in [2.75, 3.05) is 78.7 Å². The number of carbonyl (C=O) groups excluding carboxylic acids is 4. The second-order valence-corrected chi connectivity index (χ2v) is 9.94. The monoisotopic (exact) mass is 525 g/mol. The molecule has 0 aromatic heterocycles. The van der Waals surface area contributed by atoms with Crippen molar-refractivity contribution in [3.8, 4) is 0 Å². The first-order chi connectivity index (χ1) is 17.8. The van der Waals surface area contributed by atoms with Gasteiger partial charge < -0.3 is 24.5 Å². The number of ether oxygens (including phenoxy) is 1. The van der Waals surface area contributed by atoms with Crippen molar-refractivity contribution in [1.82, 2.24) is 24.7 Å². The van der Waals surface area contributed by atoms with Crippen LogP contribution in [0.3, 0.4) is 0 Å². The van der Waals surface area contributed by atoms with Crippen LogP contribution in [0.1, 0.15) is 38.5 Å². The number of aliphatic carboxylic acids is 1. The maximum Gasteiger partial charge on any atom is 0.333 e. The van der Waals surface area contributed by atoms with Gasteiger partial charge in [0.15, 0.2) is 0 Å². The van der Waals surface area contributed by atoms with Crippen molar-refractivity contribution in [3.05, 3.63) is 0 Å². The molecule has 3 aliphatic rings. The van der Waals surface area contributed by atoms with E-state index in [1.165, 1.54) is 0 Å². The number of carbonyl (C=O) groups is 5. The second-order valence-electron chi connectivity index (χ2n) is 9.94. The van der Waals surface area contributed by atoms with Gasteiger partial charge in [0, 0.05) is 71.6 Å². The summed E-state index contributed by atoms with van der Waals surface area (Å²) >= 11 is 0. The molecule has 3 saturated heterocycles. The van der Waals surface area contributed by atoms with Gasteiger partial charge in [0.1, 0.15) is 6.73 Å². The maximum absolute atomic E-state index is 12.5. The fourth-order valence-corrected chi connectivity index (χ4v) is 5.13. The zero-order chi connectivity index (χ0) is 26.6. The van der Waals surface area contributed by atoms with E-state index in [-0.39, 0.29) is 38.5 Å². The number of rotatable bonds is 9. The molecule has 3 heterocycles. The van der Waals surface area contributed by atoms with Gasteiger partial charge in [-0.3, -0.25) is 29.0 Å². The number of imide groups is 1. The van der Waals surface area contributed by atoms with Crippen LogP contribution in [0.4, 0.5) is 0 Å². The minimum atomic E-state index is -0.837. The fraction of sp³-hybridized carbons (Fsp3) is 0.792. The number of amides is 2. The van der Waals surface area contributed by atoms with Gasteiger partial charge in [-0.25, -0.2) is 4.79 Å². The molecule has 3 rings (SSSR count). The summed E-state index contributed by atoms with van der Waals surface area (Å²) in [6.07, 6.45) is 2.42. The highest BCUT2D eigenvalue weighted by atomic mass is 16.7. The summed E-state index contributed by atoms with van der Waals surface area (Å²) in [4.78, 5) is 71.9. The lowest BCUT2D eigenvalue weighted by Gasteiger charge is -2.31. The molecule has 37 heavy (non-hydrogen) atoms. The fourth-order valence-electron chi connectivity index (χ4n) is 5.13. The Kier molecular flexibility index (Phi) is 11.7. The Bertz CT molecular complexity index is 796. The van der Waals surface area contributed by atoms with Gasteiger partial charge in [0.25, 0.3) is 18.3 Å². The van der Waals surface area contributed by atoms with Crippen LogP contribution in [0.25, 0.3) is 0 Å². The van der Waals surface area contributed by atoms with Crippen LogP contribution >= 0.6 is 0 Å². The van der Waals surface area contributed by atoms with Crippen molar-refractivity contribution in [2.45, 2.75) is 38.5 Å². The van der Waals surface area contributed by atoms with Crippen LogP contribution in [0.5, 0.6) is 0 Å². The summed E-state index contributed by atoms with van der Waals surface area (Å²) in [6, 6.07) is 0. The predicted molar refractivity (Wildman–Crippen MR) is 130 cm³/mol. The largest absolute Gasteiger partial charge is 0.480 e. The molecule has 0 aliphatic carbocycles. The van der Waals surface area contributed by atoms with Crippen molar-refractivity contribution >= 4 is 30.2 Å². The van der Waals surface area contributed by atoms with E-state index in [4.69, 9.17) is 9.57 Å². The average molecular weight is 526 g/mol. The van der Waals surface area contributed by atoms with E-state index >= 15 is 0 Å². The van der Waals surface area contributed by atoms with Gasteiger partial charge in [-0.1, -0.05) is 0 Å². The molecule has 0 spiro atoms. The molecule has 0 saturated carbocycles. The summed E-state index contributed by atoms with van der Waals surface area (Å²) in [5.41, 5.74) is 0. The molecule has 2 bridgehead atoms. The van der Waals surface area contributed by atoms with Gasteiger partial charge in [-0.2, -0.15) is 0 Å². The first-order valence-electron chi connectivity index (χ1n) is 13.1. The van der Waals surface area contributed by atoms with Gasteiger partial charge in [0.2, 0.25) is 0 Å². The standard InChI is InChI=1S/C24H39N5O8/c30-19-36-18-28-10-2-8-25-11-12-27(17-23(33)34)9-1-7-26(13-14-28)16-20(15-25)3-6-24(35)37-29-21(31)4-5-22(29)32/h19-20H,1-18H2,(H,33,34). The number of hydroxylamine groups is 2. The van der Waals surface area contributed by atoms with Crippen LogP contribution in [-0.4, -0.2) is 139 Å². The van der Waals surface area contributed by atoms with Gasteiger partial charge in [0.05, 0.1) is 6.54 Å². The molecular formula is C24H39N5O8. The number of fused-ring (bicyclic) bond motifs is 4. The predicted octanol–water partition coefficient (Wildman–Crippen LogP) is -0.779. The topological polar surface area (TPSA) is 140 Å². The van der Waals surface area contributed by atoms with Crippen LogP contribution in [0.15, 0.2) is 0 Å². The lowest BCUT2D eigenvalue weighted by atomic mass is 10.0. The van der Waals surface area contributed by atoms with E-state index in [1.807, 2.05) is 4.90 Å². The Hall–Kier alpha value is -2.61. The summed E-state index contributed by atoms with van der Waals surface area (Å²) in [5.74, 6) is -2.26. The number of nitrogens with zero attached hydrogens (tertiary/aromatic N) is 5. The van der Waals surface area contributed by atoms with Gasteiger partial charge in [-0.05, 0) is 38.3 Å². The van der Waals surface area contributed by atoms with E-state index < -0.39 is 23.8 Å². The second kappa shape index (κ2) is 15.0. The van der Waals surface area contributed by atoms with E-state index in [9.17, 15) is 29.1 Å². The smallest absolute Gasteiger partial charge is 0.333 e. The number of carboxylic acid groups (broad SMARTS) is 1. The minimum Gasteiger partial charge on any atom is -0.480 e. The first kappa shape index (κ1) is 29.0. The quantitative estimate of drug-likeness (QED) is 0.298. The molecule has 0 aromatic carbocycles. The number of hydrogen-bond acceptors (Lipinski definition) is 11. The molecule has 3 aliphatic heterocycles. The zero-order valence-corrected chi connectivity index (χ0v) is 21.4. The molecule has 3 unspecified atom stereocenters. The lowest BCUT2D eigenvalue weighted by Crippen LogP contribution is -2.41. The minimum absolute atomic E-state index is 0.00780. The van der Waals surface area contributed by atoms with Crippen LogP contribution in [0.2, 0.25) is 0 Å². The normalized spacial score (nSPS) is 26.9. The molecule has 3 atom stereocenters. The maximum atomic E-state index is 12.5. The molecular weight excluding hydrogens is 486 g/mol. The highest BCUT2D eigenvalue weighted by Gasteiger charge is 2.33. The Morgan fingerprint density at radius 2 is 1.46 bits per heavy atom. The third-order valence-corrected chi connectivity index (χ3v) is 7.03. The number of hydrogen-bond donors (Lipinski definition) is 1. The van der Waals surface area contributed by atoms with E-state index in [0.29, 0.717) is 37.6 Å². The molecule has 13 nitrogen and oxygen atoms in total. The van der Waals surface area contributed by atoms with E-state index in [1.54, 1.807) is 0 Å². The SMILES string of the molecule is O=COCN1CCCN2CCN(CC(=O)O)CCCN(CC1)CC(CCC(=O)ON1C(=O)CCC1=O)C2. The third kappa shape index (κ3) is 9.99. The van der Waals surface area contributed by atoms with Crippen LogP contribution in [0, 0.1) is 5.92 Å². The zero-order valence-electron chi connectivity index (χ0n) is 21.4. The molecule has 13 heteroatoms. The van der Waals surface area contributed by atoms with Gasteiger partial charge in [-0.15, -0.1) is 5.06 Å². The lowest BCUT2D eigenvalue weighted by molar-refractivity contribution is -0.197. The molecule has 208 valence electrons.